The first kappa shape index (κ1) is 13.7. The first-order chi connectivity index (χ1) is 8.56. The van der Waals surface area contributed by atoms with E-state index in [1.807, 2.05) is 0 Å². The third-order valence-electron chi connectivity index (χ3n) is 3.21. The second kappa shape index (κ2) is 5.91. The lowest BCUT2D eigenvalue weighted by Gasteiger charge is -2.26. The summed E-state index contributed by atoms with van der Waals surface area (Å²) in [5, 5.41) is 13.2. The molecule has 0 spiro atoms. The van der Waals surface area contributed by atoms with E-state index >= 15 is 0 Å². The molecule has 1 aromatic rings. The van der Waals surface area contributed by atoms with E-state index in [0.717, 1.165) is 25.7 Å². The zero-order chi connectivity index (χ0) is 13.1. The third kappa shape index (κ3) is 3.37. The molecule has 0 bridgehead atoms. The number of amides is 1. The van der Waals surface area contributed by atoms with Gasteiger partial charge in [-0.05, 0) is 43.9 Å². The lowest BCUT2D eigenvalue weighted by atomic mass is 9.93. The summed E-state index contributed by atoms with van der Waals surface area (Å²) in [5.74, 6) is -0.182. The van der Waals surface area contributed by atoms with Crippen LogP contribution in [0.25, 0.3) is 0 Å². The Kier molecular flexibility index (Phi) is 4.49. The molecular weight excluding hydrogens is 273 g/mol. The highest BCUT2D eigenvalue weighted by atomic mass is 35.5. The molecule has 2 rings (SSSR count). The maximum absolute atomic E-state index is 12.0. The molecule has 1 amide bonds. The van der Waals surface area contributed by atoms with Crippen LogP contribution in [-0.2, 0) is 0 Å². The van der Waals surface area contributed by atoms with Gasteiger partial charge in [-0.25, -0.2) is 0 Å². The first-order valence-electron chi connectivity index (χ1n) is 6.00. The number of carbonyl (C=O) groups is 1. The predicted molar refractivity (Wildman–Crippen MR) is 72.2 cm³/mol. The predicted octanol–water partition coefficient (Wildman–Crippen LogP) is 3.03. The summed E-state index contributed by atoms with van der Waals surface area (Å²) in [7, 11) is 0. The van der Waals surface area contributed by atoms with Gasteiger partial charge in [0.25, 0.3) is 5.91 Å². The van der Waals surface area contributed by atoms with Crippen molar-refractivity contribution in [3.63, 3.8) is 0 Å². The zero-order valence-corrected chi connectivity index (χ0v) is 11.3. The van der Waals surface area contributed by atoms with Gasteiger partial charge in [-0.2, -0.15) is 0 Å². The number of carbonyl (C=O) groups excluding carboxylic acids is 1. The minimum Gasteiger partial charge on any atom is -0.393 e. The second-order valence-corrected chi connectivity index (χ2v) is 5.45. The Bertz CT molecular complexity index is 443. The van der Waals surface area contributed by atoms with Crippen LogP contribution in [0.15, 0.2) is 18.2 Å². The van der Waals surface area contributed by atoms with Crippen molar-refractivity contribution in [1.29, 1.82) is 0 Å². The summed E-state index contributed by atoms with van der Waals surface area (Å²) in [6.07, 6.45) is 2.85. The van der Waals surface area contributed by atoms with Gasteiger partial charge in [0.05, 0.1) is 16.7 Å². The molecule has 1 aromatic carbocycles. The molecule has 2 N–H and O–H groups in total. The van der Waals surface area contributed by atoms with Gasteiger partial charge >= 0.3 is 0 Å². The summed E-state index contributed by atoms with van der Waals surface area (Å²) in [6, 6.07) is 4.94. The van der Waals surface area contributed by atoms with E-state index in [9.17, 15) is 9.90 Å². The maximum Gasteiger partial charge on any atom is 0.253 e. The van der Waals surface area contributed by atoms with Crippen LogP contribution in [0.5, 0.6) is 0 Å². The molecule has 3 nitrogen and oxygen atoms in total. The van der Waals surface area contributed by atoms with Crippen LogP contribution in [0.4, 0.5) is 0 Å². The number of benzene rings is 1. The van der Waals surface area contributed by atoms with Crippen molar-refractivity contribution in [2.45, 2.75) is 37.8 Å². The van der Waals surface area contributed by atoms with Crippen molar-refractivity contribution >= 4 is 29.1 Å². The van der Waals surface area contributed by atoms with E-state index in [1.54, 1.807) is 18.2 Å². The number of aliphatic hydroxyl groups is 1. The third-order valence-corrected chi connectivity index (χ3v) is 3.76. The topological polar surface area (TPSA) is 49.3 Å². The van der Waals surface area contributed by atoms with Gasteiger partial charge in [0, 0.05) is 11.1 Å². The van der Waals surface area contributed by atoms with Gasteiger partial charge in [-0.1, -0.05) is 23.2 Å². The normalized spacial score (nSPS) is 23.7. The summed E-state index contributed by atoms with van der Waals surface area (Å²) < 4.78 is 0. The molecule has 0 aromatic heterocycles. The highest BCUT2D eigenvalue weighted by molar-refractivity contribution is 6.36. The van der Waals surface area contributed by atoms with Crippen molar-refractivity contribution < 1.29 is 9.90 Å². The van der Waals surface area contributed by atoms with E-state index in [1.165, 1.54) is 0 Å². The SMILES string of the molecule is O=C(NC1CCC(O)CC1)c1ccc(Cl)cc1Cl. The molecule has 0 atom stereocenters. The number of hydrogen-bond donors (Lipinski definition) is 2. The molecule has 5 heteroatoms. The van der Waals surface area contributed by atoms with Crippen LogP contribution >= 0.6 is 23.2 Å². The minimum atomic E-state index is -0.225. The van der Waals surface area contributed by atoms with Gasteiger partial charge in [0.2, 0.25) is 0 Å². The first-order valence-corrected chi connectivity index (χ1v) is 6.76. The second-order valence-electron chi connectivity index (χ2n) is 4.60. The molecule has 0 heterocycles. The zero-order valence-electron chi connectivity index (χ0n) is 9.83. The average molecular weight is 288 g/mol. The van der Waals surface area contributed by atoms with Crippen LogP contribution in [0.3, 0.4) is 0 Å². The maximum atomic E-state index is 12.0. The van der Waals surface area contributed by atoms with Crippen LogP contribution in [0.1, 0.15) is 36.0 Å². The van der Waals surface area contributed by atoms with Crippen LogP contribution < -0.4 is 5.32 Å². The van der Waals surface area contributed by atoms with Crippen molar-refractivity contribution in [3.8, 4) is 0 Å². The number of halogens is 2. The van der Waals surface area contributed by atoms with Crippen molar-refractivity contribution in [3.05, 3.63) is 33.8 Å². The van der Waals surface area contributed by atoms with Crippen molar-refractivity contribution in [2.24, 2.45) is 0 Å². The van der Waals surface area contributed by atoms with Crippen LogP contribution in [0.2, 0.25) is 10.0 Å². The number of nitrogens with one attached hydrogen (secondary N) is 1. The van der Waals surface area contributed by atoms with E-state index in [0.29, 0.717) is 15.6 Å². The summed E-state index contributed by atoms with van der Waals surface area (Å²) >= 11 is 11.8. The van der Waals surface area contributed by atoms with Gasteiger partial charge in [-0.3, -0.25) is 4.79 Å². The van der Waals surface area contributed by atoms with Crippen LogP contribution in [0, 0.1) is 0 Å². The quantitative estimate of drug-likeness (QED) is 0.878. The lowest BCUT2D eigenvalue weighted by molar-refractivity contribution is 0.0868. The fourth-order valence-electron chi connectivity index (χ4n) is 2.16. The summed E-state index contributed by atoms with van der Waals surface area (Å²) in [4.78, 5) is 12.0. The molecule has 0 aliphatic heterocycles. The Hall–Kier alpha value is -0.770. The highest BCUT2D eigenvalue weighted by Crippen LogP contribution is 2.22. The van der Waals surface area contributed by atoms with Gasteiger partial charge in [0.15, 0.2) is 0 Å². The fraction of sp³-hybridized carbons (Fsp3) is 0.462. The molecule has 1 saturated carbocycles. The summed E-state index contributed by atoms with van der Waals surface area (Å²) in [6.45, 7) is 0. The Labute approximate surface area is 116 Å². The van der Waals surface area contributed by atoms with Crippen molar-refractivity contribution in [1.82, 2.24) is 5.32 Å². The van der Waals surface area contributed by atoms with E-state index < -0.39 is 0 Å². The molecule has 0 radical (unpaired) electrons. The van der Waals surface area contributed by atoms with Crippen molar-refractivity contribution in [2.75, 3.05) is 0 Å². The van der Waals surface area contributed by atoms with Gasteiger partial charge in [0.1, 0.15) is 0 Å². The molecule has 18 heavy (non-hydrogen) atoms. The van der Waals surface area contributed by atoms with Gasteiger partial charge < -0.3 is 10.4 Å². The molecule has 0 unspecified atom stereocenters. The average Bonchev–Trinajstić information content (AvgIpc) is 2.32. The lowest BCUT2D eigenvalue weighted by Crippen LogP contribution is -2.38. The monoisotopic (exact) mass is 287 g/mol. The van der Waals surface area contributed by atoms with E-state index in [-0.39, 0.29) is 18.1 Å². The number of aliphatic hydroxyl groups excluding tert-OH is 1. The van der Waals surface area contributed by atoms with E-state index in [2.05, 4.69) is 5.32 Å². The van der Waals surface area contributed by atoms with Gasteiger partial charge in [-0.15, -0.1) is 0 Å². The van der Waals surface area contributed by atoms with E-state index in [4.69, 9.17) is 23.2 Å². The Morgan fingerprint density at radius 3 is 2.50 bits per heavy atom. The molecule has 98 valence electrons. The standard InChI is InChI=1S/C13H15Cl2NO2/c14-8-1-6-11(12(15)7-8)13(18)16-9-2-4-10(17)5-3-9/h1,6-7,9-10,17H,2-5H2,(H,16,18). The molecule has 1 aliphatic rings. The number of hydrogen-bond acceptors (Lipinski definition) is 2. The minimum absolute atomic E-state index is 0.118. The largest absolute Gasteiger partial charge is 0.393 e. The molecular formula is C13H15Cl2NO2. The highest BCUT2D eigenvalue weighted by Gasteiger charge is 2.22. The molecule has 0 saturated heterocycles. The number of rotatable bonds is 2. The molecule has 1 fully saturated rings. The fourth-order valence-corrected chi connectivity index (χ4v) is 2.65. The Morgan fingerprint density at radius 2 is 1.89 bits per heavy atom. The van der Waals surface area contributed by atoms with Crippen LogP contribution in [-0.4, -0.2) is 23.2 Å². The summed E-state index contributed by atoms with van der Waals surface area (Å²) in [5.41, 5.74) is 0.437. The Morgan fingerprint density at radius 1 is 1.22 bits per heavy atom. The smallest absolute Gasteiger partial charge is 0.253 e. The Balaban J connectivity index is 1.99. The molecule has 1 aliphatic carbocycles.